The van der Waals surface area contributed by atoms with Gasteiger partial charge in [-0.2, -0.15) is 0 Å². The van der Waals surface area contributed by atoms with Crippen molar-refractivity contribution >= 4 is 5.78 Å². The van der Waals surface area contributed by atoms with E-state index in [-0.39, 0.29) is 16.2 Å². The topological polar surface area (TPSA) is 17.1 Å². The molecule has 1 heteroatoms. The van der Waals surface area contributed by atoms with Gasteiger partial charge in [0.2, 0.25) is 0 Å². The van der Waals surface area contributed by atoms with Crippen LogP contribution in [-0.2, 0) is 4.79 Å². The highest BCUT2D eigenvalue weighted by Gasteiger charge is 2.53. The van der Waals surface area contributed by atoms with Gasteiger partial charge in [0.25, 0.3) is 0 Å². The van der Waals surface area contributed by atoms with E-state index in [0.717, 1.165) is 19.3 Å². The maximum Gasteiger partial charge on any atom is 0.144 e. The Bertz CT molecular complexity index is 233. The predicted octanol–water partition coefficient (Wildman–Crippen LogP) is 3.82. The quantitative estimate of drug-likeness (QED) is 0.656. The van der Waals surface area contributed by atoms with E-state index in [1.54, 1.807) is 0 Å². The third kappa shape index (κ3) is 2.59. The van der Waals surface area contributed by atoms with Gasteiger partial charge in [-0.1, -0.05) is 41.5 Å². The van der Waals surface area contributed by atoms with Gasteiger partial charge in [0.1, 0.15) is 5.78 Å². The number of hydrogen-bond acceptors (Lipinski definition) is 1. The molecule has 0 amide bonds. The van der Waals surface area contributed by atoms with Crippen molar-refractivity contribution < 1.29 is 4.79 Å². The smallest absolute Gasteiger partial charge is 0.144 e. The maximum absolute atomic E-state index is 12.2. The lowest BCUT2D eigenvalue weighted by Crippen LogP contribution is -2.32. The van der Waals surface area contributed by atoms with E-state index in [9.17, 15) is 4.79 Å². The summed E-state index contributed by atoms with van der Waals surface area (Å²) in [6, 6.07) is 0. The maximum atomic E-state index is 12.2. The zero-order valence-electron chi connectivity index (χ0n) is 10.5. The fraction of sp³-hybridized carbons (Fsp3) is 0.923. The van der Waals surface area contributed by atoms with E-state index >= 15 is 0 Å². The molecule has 1 nitrogen and oxygen atoms in total. The molecule has 1 aliphatic carbocycles. The first-order chi connectivity index (χ1) is 6.07. The summed E-state index contributed by atoms with van der Waals surface area (Å²) in [5, 5.41) is 0. The lowest BCUT2D eigenvalue weighted by atomic mass is 9.73. The Hall–Kier alpha value is -0.330. The number of Topliss-reactive ketones (excluding diaryl/α,β-unsaturated/α-hetero) is 1. The minimum atomic E-state index is -0.165. The molecule has 0 bridgehead atoms. The second-order valence-corrected chi connectivity index (χ2v) is 7.10. The normalized spacial score (nSPS) is 20.7. The Kier molecular flexibility index (Phi) is 2.58. The summed E-state index contributed by atoms with van der Waals surface area (Å²) in [5.74, 6) is 0.472. The van der Waals surface area contributed by atoms with Crippen LogP contribution in [0.5, 0.6) is 0 Å². The molecule has 0 aromatic heterocycles. The number of rotatable bonds is 2. The minimum Gasteiger partial charge on any atom is -0.298 e. The first kappa shape index (κ1) is 11.7. The third-order valence-electron chi connectivity index (χ3n) is 2.89. The summed E-state index contributed by atoms with van der Waals surface area (Å²) in [4.78, 5) is 12.2. The van der Waals surface area contributed by atoms with Crippen molar-refractivity contribution in [3.05, 3.63) is 0 Å². The van der Waals surface area contributed by atoms with Gasteiger partial charge in [-0.05, 0) is 24.7 Å². The molecule has 0 atom stereocenters. The highest BCUT2D eigenvalue weighted by Crippen LogP contribution is 2.56. The molecule has 0 heterocycles. The monoisotopic (exact) mass is 196 g/mol. The van der Waals surface area contributed by atoms with Gasteiger partial charge in [0.15, 0.2) is 0 Å². The van der Waals surface area contributed by atoms with E-state index in [1.807, 2.05) is 20.8 Å². The largest absolute Gasteiger partial charge is 0.298 e. The zero-order valence-corrected chi connectivity index (χ0v) is 10.5. The molecule has 1 aliphatic rings. The summed E-state index contributed by atoms with van der Waals surface area (Å²) < 4.78 is 0. The SMILES string of the molecule is CC(C)(C)CC1(C(=O)C(C)(C)C)CC1. The highest BCUT2D eigenvalue weighted by molar-refractivity contribution is 5.91. The molecular formula is C13H24O. The van der Waals surface area contributed by atoms with Crippen molar-refractivity contribution in [1.82, 2.24) is 0 Å². The van der Waals surface area contributed by atoms with Gasteiger partial charge in [-0.15, -0.1) is 0 Å². The van der Waals surface area contributed by atoms with E-state index < -0.39 is 0 Å². The van der Waals surface area contributed by atoms with Crippen molar-refractivity contribution in [2.24, 2.45) is 16.2 Å². The molecular weight excluding hydrogens is 172 g/mol. The Balaban J connectivity index is 2.73. The average molecular weight is 196 g/mol. The predicted molar refractivity (Wildman–Crippen MR) is 60.2 cm³/mol. The van der Waals surface area contributed by atoms with Crippen LogP contribution in [0.2, 0.25) is 0 Å². The molecule has 0 spiro atoms. The molecule has 82 valence electrons. The van der Waals surface area contributed by atoms with Crippen molar-refractivity contribution in [3.8, 4) is 0 Å². The number of carbonyl (C=O) groups is 1. The van der Waals surface area contributed by atoms with Gasteiger partial charge in [0, 0.05) is 10.8 Å². The van der Waals surface area contributed by atoms with Crippen LogP contribution in [-0.4, -0.2) is 5.78 Å². The zero-order chi connectivity index (χ0) is 11.2. The van der Waals surface area contributed by atoms with E-state index in [2.05, 4.69) is 20.8 Å². The Labute approximate surface area is 88.3 Å². The standard InChI is InChI=1S/C13H24O/c1-11(2,3)9-13(7-8-13)10(14)12(4,5)6/h7-9H2,1-6H3. The number of ketones is 1. The highest BCUT2D eigenvalue weighted by atomic mass is 16.1. The molecule has 1 saturated carbocycles. The fourth-order valence-corrected chi connectivity index (χ4v) is 2.45. The molecule has 0 radical (unpaired) electrons. The van der Waals surface area contributed by atoms with Crippen molar-refractivity contribution in [3.63, 3.8) is 0 Å². The van der Waals surface area contributed by atoms with Gasteiger partial charge in [-0.25, -0.2) is 0 Å². The van der Waals surface area contributed by atoms with Crippen molar-refractivity contribution in [1.29, 1.82) is 0 Å². The van der Waals surface area contributed by atoms with Gasteiger partial charge in [0.05, 0.1) is 0 Å². The second-order valence-electron chi connectivity index (χ2n) is 7.10. The Morgan fingerprint density at radius 1 is 1.07 bits per heavy atom. The summed E-state index contributed by atoms with van der Waals surface area (Å²) in [6.07, 6.45) is 3.27. The first-order valence-electron chi connectivity index (χ1n) is 5.62. The lowest BCUT2D eigenvalue weighted by Gasteiger charge is -2.29. The van der Waals surface area contributed by atoms with Crippen LogP contribution < -0.4 is 0 Å². The molecule has 0 aliphatic heterocycles. The lowest BCUT2D eigenvalue weighted by molar-refractivity contribution is -0.133. The van der Waals surface area contributed by atoms with Crippen molar-refractivity contribution in [2.75, 3.05) is 0 Å². The molecule has 0 aromatic rings. The van der Waals surface area contributed by atoms with Crippen LogP contribution in [0.1, 0.15) is 60.8 Å². The molecule has 0 unspecified atom stereocenters. The van der Waals surface area contributed by atoms with E-state index in [1.165, 1.54) is 0 Å². The summed E-state index contributed by atoms with van der Waals surface area (Å²) in [7, 11) is 0. The van der Waals surface area contributed by atoms with Crippen LogP contribution in [0, 0.1) is 16.2 Å². The summed E-state index contributed by atoms with van der Waals surface area (Å²) in [5.41, 5.74) is 0.148. The third-order valence-corrected chi connectivity index (χ3v) is 2.89. The Morgan fingerprint density at radius 2 is 1.50 bits per heavy atom. The number of hydrogen-bond donors (Lipinski definition) is 0. The van der Waals surface area contributed by atoms with Crippen LogP contribution >= 0.6 is 0 Å². The van der Waals surface area contributed by atoms with Crippen LogP contribution in [0.25, 0.3) is 0 Å². The molecule has 14 heavy (non-hydrogen) atoms. The molecule has 0 saturated heterocycles. The minimum absolute atomic E-state index is 0.0382. The second kappa shape index (κ2) is 3.08. The van der Waals surface area contributed by atoms with Gasteiger partial charge >= 0.3 is 0 Å². The van der Waals surface area contributed by atoms with Gasteiger partial charge < -0.3 is 0 Å². The fourth-order valence-electron chi connectivity index (χ4n) is 2.45. The Morgan fingerprint density at radius 3 is 1.71 bits per heavy atom. The molecule has 1 fully saturated rings. The number of carbonyl (C=O) groups excluding carboxylic acids is 1. The van der Waals surface area contributed by atoms with Crippen LogP contribution in [0.3, 0.4) is 0 Å². The van der Waals surface area contributed by atoms with Crippen LogP contribution in [0.4, 0.5) is 0 Å². The first-order valence-corrected chi connectivity index (χ1v) is 5.62. The van der Waals surface area contributed by atoms with Crippen molar-refractivity contribution in [2.45, 2.75) is 60.8 Å². The van der Waals surface area contributed by atoms with E-state index in [0.29, 0.717) is 5.78 Å². The van der Waals surface area contributed by atoms with E-state index in [4.69, 9.17) is 0 Å². The molecule has 0 aromatic carbocycles. The summed E-state index contributed by atoms with van der Waals surface area (Å²) in [6.45, 7) is 12.8. The summed E-state index contributed by atoms with van der Waals surface area (Å²) >= 11 is 0. The molecule has 1 rings (SSSR count). The molecule has 0 N–H and O–H groups in total. The van der Waals surface area contributed by atoms with Gasteiger partial charge in [-0.3, -0.25) is 4.79 Å². The van der Waals surface area contributed by atoms with Crippen LogP contribution in [0.15, 0.2) is 0 Å². The average Bonchev–Trinajstić information content (AvgIpc) is 2.62.